The largest absolute Gasteiger partial charge is 0.324 e. The summed E-state index contributed by atoms with van der Waals surface area (Å²) in [7, 11) is 0. The molecular formula is C48H36N4. The van der Waals surface area contributed by atoms with Crippen molar-refractivity contribution in [1.82, 2.24) is 18.7 Å². The van der Waals surface area contributed by atoms with Gasteiger partial charge in [0.1, 0.15) is 5.82 Å². The molecule has 1 aliphatic carbocycles. The average Bonchev–Trinajstić information content (AvgIpc) is 3.90. The zero-order valence-electron chi connectivity index (χ0n) is 29.4. The van der Waals surface area contributed by atoms with Gasteiger partial charge in [-0.3, -0.25) is 0 Å². The second-order valence-electron chi connectivity index (χ2n) is 14.6. The number of aromatic nitrogens is 4. The fraction of sp³-hybridized carbons (Fsp3) is 0.104. The molecule has 52 heavy (non-hydrogen) atoms. The summed E-state index contributed by atoms with van der Waals surface area (Å²) in [4.78, 5) is 5.08. The van der Waals surface area contributed by atoms with Gasteiger partial charge < -0.3 is 13.7 Å². The molecule has 0 spiro atoms. The van der Waals surface area contributed by atoms with Crippen molar-refractivity contribution in [2.75, 3.05) is 0 Å². The molecule has 4 nitrogen and oxygen atoms in total. The maximum absolute atomic E-state index is 5.08. The van der Waals surface area contributed by atoms with E-state index in [-0.39, 0.29) is 5.41 Å². The van der Waals surface area contributed by atoms with Gasteiger partial charge in [-0.1, -0.05) is 105 Å². The van der Waals surface area contributed by atoms with Crippen molar-refractivity contribution in [1.29, 1.82) is 0 Å². The molecule has 0 unspecified atom stereocenters. The Morgan fingerprint density at radius 3 is 1.85 bits per heavy atom. The lowest BCUT2D eigenvalue weighted by atomic mass is 9.80. The SMILES string of the molecule is CCn1c(-c2ccc(-n3c4ccccc4c4c5c(c6c(c7ccccc7n6-c6ccccc6)c43)-c3ccccc3C5(C)C)cc2)nc2ccccc21. The molecule has 0 N–H and O–H groups in total. The molecular weight excluding hydrogens is 633 g/mol. The average molecular weight is 669 g/mol. The van der Waals surface area contributed by atoms with E-state index in [1.807, 2.05) is 0 Å². The van der Waals surface area contributed by atoms with Gasteiger partial charge in [0.2, 0.25) is 0 Å². The molecule has 3 aromatic heterocycles. The third-order valence-electron chi connectivity index (χ3n) is 11.6. The van der Waals surface area contributed by atoms with E-state index < -0.39 is 0 Å². The second kappa shape index (κ2) is 10.6. The minimum absolute atomic E-state index is 0.214. The summed E-state index contributed by atoms with van der Waals surface area (Å²) in [6.07, 6.45) is 0. The zero-order chi connectivity index (χ0) is 34.7. The lowest BCUT2D eigenvalue weighted by Crippen LogP contribution is -2.15. The summed E-state index contributed by atoms with van der Waals surface area (Å²) >= 11 is 0. The van der Waals surface area contributed by atoms with Crippen molar-refractivity contribution in [2.45, 2.75) is 32.7 Å². The minimum Gasteiger partial charge on any atom is -0.324 e. The van der Waals surface area contributed by atoms with E-state index in [1.54, 1.807) is 0 Å². The highest BCUT2D eigenvalue weighted by Gasteiger charge is 2.41. The Morgan fingerprint density at radius 2 is 1.12 bits per heavy atom. The fourth-order valence-corrected chi connectivity index (χ4v) is 9.45. The van der Waals surface area contributed by atoms with Gasteiger partial charge in [-0.2, -0.15) is 0 Å². The van der Waals surface area contributed by atoms with Crippen LogP contribution in [0, 0.1) is 0 Å². The molecule has 3 heterocycles. The molecule has 0 bridgehead atoms. The highest BCUT2D eigenvalue weighted by atomic mass is 15.1. The van der Waals surface area contributed by atoms with Crippen LogP contribution in [0.25, 0.3) is 88.5 Å². The first kappa shape index (κ1) is 29.4. The molecule has 11 rings (SSSR count). The van der Waals surface area contributed by atoms with E-state index in [0.717, 1.165) is 29.1 Å². The Hall–Kier alpha value is -6.39. The first-order valence-corrected chi connectivity index (χ1v) is 18.3. The molecule has 0 fully saturated rings. The summed E-state index contributed by atoms with van der Waals surface area (Å²) in [5.41, 5.74) is 15.8. The monoisotopic (exact) mass is 668 g/mol. The van der Waals surface area contributed by atoms with E-state index in [2.05, 4.69) is 186 Å². The van der Waals surface area contributed by atoms with Crippen molar-refractivity contribution in [3.05, 3.63) is 163 Å². The van der Waals surface area contributed by atoms with Crippen molar-refractivity contribution >= 4 is 54.6 Å². The van der Waals surface area contributed by atoms with Crippen LogP contribution >= 0.6 is 0 Å². The van der Waals surface area contributed by atoms with Gasteiger partial charge in [-0.25, -0.2) is 4.98 Å². The third kappa shape index (κ3) is 3.73. The Bertz CT molecular complexity index is 3060. The maximum Gasteiger partial charge on any atom is 0.141 e. The number of imidazole rings is 1. The Kier molecular flexibility index (Phi) is 5.96. The lowest BCUT2D eigenvalue weighted by molar-refractivity contribution is 0.667. The highest BCUT2D eigenvalue weighted by molar-refractivity contribution is 6.31. The molecule has 7 aromatic carbocycles. The van der Waals surface area contributed by atoms with Gasteiger partial charge in [0.15, 0.2) is 0 Å². The van der Waals surface area contributed by atoms with Crippen LogP contribution in [0.2, 0.25) is 0 Å². The van der Waals surface area contributed by atoms with Gasteiger partial charge in [0.05, 0.1) is 33.1 Å². The normalized spacial score (nSPS) is 13.5. The maximum atomic E-state index is 5.08. The van der Waals surface area contributed by atoms with Gasteiger partial charge in [0, 0.05) is 56.0 Å². The molecule has 248 valence electrons. The predicted octanol–water partition coefficient (Wildman–Crippen LogP) is 12.2. The van der Waals surface area contributed by atoms with E-state index >= 15 is 0 Å². The number of fused-ring (bicyclic) bond motifs is 13. The summed E-state index contributed by atoms with van der Waals surface area (Å²) < 4.78 is 7.36. The van der Waals surface area contributed by atoms with E-state index in [4.69, 9.17) is 4.98 Å². The molecule has 0 aliphatic heterocycles. The number of hydrogen-bond donors (Lipinski definition) is 0. The first-order valence-electron chi connectivity index (χ1n) is 18.3. The number of hydrogen-bond acceptors (Lipinski definition) is 1. The second-order valence-corrected chi connectivity index (χ2v) is 14.6. The number of benzene rings is 7. The molecule has 0 amide bonds. The van der Waals surface area contributed by atoms with E-state index in [1.165, 1.54) is 77.1 Å². The van der Waals surface area contributed by atoms with E-state index in [0.29, 0.717) is 0 Å². The number of rotatable bonds is 4. The van der Waals surface area contributed by atoms with Crippen LogP contribution in [0.1, 0.15) is 31.9 Å². The van der Waals surface area contributed by atoms with E-state index in [9.17, 15) is 0 Å². The van der Waals surface area contributed by atoms with Crippen molar-refractivity contribution in [3.8, 4) is 33.9 Å². The smallest absolute Gasteiger partial charge is 0.141 e. The number of para-hydroxylation sites is 5. The summed E-state index contributed by atoms with van der Waals surface area (Å²) in [5, 5.41) is 5.17. The van der Waals surface area contributed by atoms with Gasteiger partial charge in [0.25, 0.3) is 0 Å². The van der Waals surface area contributed by atoms with Crippen LogP contribution in [0.3, 0.4) is 0 Å². The number of nitrogens with zero attached hydrogens (tertiary/aromatic N) is 4. The Labute approximate surface area is 301 Å². The van der Waals surface area contributed by atoms with Crippen molar-refractivity contribution in [2.24, 2.45) is 0 Å². The molecule has 0 atom stereocenters. The molecule has 4 heteroatoms. The topological polar surface area (TPSA) is 27.7 Å². The minimum atomic E-state index is -0.214. The van der Waals surface area contributed by atoms with Crippen molar-refractivity contribution < 1.29 is 0 Å². The highest BCUT2D eigenvalue weighted by Crippen LogP contribution is 2.58. The molecule has 1 aliphatic rings. The molecule has 0 radical (unpaired) electrons. The Morgan fingerprint density at radius 1 is 0.538 bits per heavy atom. The standard InChI is InChI=1S/C48H36N4/c1-4-50-40-25-15-12-22-37(40)49-47(50)30-26-28-32(29-27-30)52-38-23-13-9-19-34(38)42-44-41(33-18-8-11-21-36(33)48(44,2)3)45-43(46(42)52)35-20-10-14-24-39(35)51(45)31-16-6-5-7-17-31/h5-29H,4H2,1-3H3. The summed E-state index contributed by atoms with van der Waals surface area (Å²) in [5.74, 6) is 1.00. The van der Waals surface area contributed by atoms with Crippen LogP contribution in [0.15, 0.2) is 152 Å². The quantitative estimate of drug-likeness (QED) is 0.183. The third-order valence-corrected chi connectivity index (χ3v) is 11.6. The summed E-state index contributed by atoms with van der Waals surface area (Å²) in [6, 6.07) is 55.4. The zero-order valence-corrected chi connectivity index (χ0v) is 29.4. The van der Waals surface area contributed by atoms with Gasteiger partial charge in [-0.15, -0.1) is 0 Å². The van der Waals surface area contributed by atoms with Crippen molar-refractivity contribution in [3.63, 3.8) is 0 Å². The fourth-order valence-electron chi connectivity index (χ4n) is 9.45. The van der Waals surface area contributed by atoms with Crippen LogP contribution in [0.5, 0.6) is 0 Å². The van der Waals surface area contributed by atoms with Gasteiger partial charge >= 0.3 is 0 Å². The van der Waals surface area contributed by atoms with Crippen LogP contribution in [0.4, 0.5) is 0 Å². The first-order chi connectivity index (χ1) is 25.6. The lowest BCUT2D eigenvalue weighted by Gasteiger charge is -2.23. The van der Waals surface area contributed by atoms with Crippen LogP contribution < -0.4 is 0 Å². The van der Waals surface area contributed by atoms with Gasteiger partial charge in [-0.05, 0) is 84.3 Å². The Balaban J connectivity index is 1.31. The predicted molar refractivity (Wildman–Crippen MR) is 217 cm³/mol. The molecule has 10 aromatic rings. The molecule has 0 saturated heterocycles. The number of aryl methyl sites for hydroxylation is 1. The molecule has 0 saturated carbocycles. The van der Waals surface area contributed by atoms with Crippen LogP contribution in [-0.4, -0.2) is 18.7 Å². The van der Waals surface area contributed by atoms with Crippen LogP contribution in [-0.2, 0) is 12.0 Å². The summed E-state index contributed by atoms with van der Waals surface area (Å²) in [6.45, 7) is 7.88.